The van der Waals surface area contributed by atoms with Gasteiger partial charge in [0.1, 0.15) is 6.04 Å². The van der Waals surface area contributed by atoms with E-state index in [0.717, 1.165) is 17.5 Å². The van der Waals surface area contributed by atoms with Crippen molar-refractivity contribution in [2.45, 2.75) is 25.4 Å². The monoisotopic (exact) mass is 400 g/mol. The molecule has 1 saturated heterocycles. The van der Waals surface area contributed by atoms with Gasteiger partial charge in [0.25, 0.3) is 0 Å². The maximum absolute atomic E-state index is 13.3. The molecular formula is C25H24N2O3. The van der Waals surface area contributed by atoms with Crippen LogP contribution in [0.1, 0.15) is 17.5 Å². The smallest absolute Gasteiger partial charge is 0.243 e. The van der Waals surface area contributed by atoms with Crippen LogP contribution >= 0.6 is 0 Å². The minimum absolute atomic E-state index is 0.131. The number of likely N-dealkylation sites (tertiary alicyclic amines) is 1. The number of carbonyl (C=O) groups excluding carboxylic acids is 3. The highest BCUT2D eigenvalue weighted by Crippen LogP contribution is 2.52. The summed E-state index contributed by atoms with van der Waals surface area (Å²) in [7, 11) is 0. The van der Waals surface area contributed by atoms with Crippen molar-refractivity contribution in [3.8, 4) is 0 Å². The summed E-state index contributed by atoms with van der Waals surface area (Å²) in [4.78, 5) is 41.1. The number of fused-ring (bicyclic) bond motifs is 5. The van der Waals surface area contributed by atoms with E-state index in [0.29, 0.717) is 13.0 Å². The van der Waals surface area contributed by atoms with E-state index in [9.17, 15) is 14.4 Å². The second-order valence-corrected chi connectivity index (χ2v) is 8.46. The zero-order valence-electron chi connectivity index (χ0n) is 16.6. The first-order valence-electron chi connectivity index (χ1n) is 10.5. The summed E-state index contributed by atoms with van der Waals surface area (Å²) in [6, 6.07) is 18.4. The van der Waals surface area contributed by atoms with Crippen molar-refractivity contribution < 1.29 is 14.4 Å². The van der Waals surface area contributed by atoms with E-state index in [2.05, 4.69) is 17.5 Å². The highest BCUT2D eigenvalue weighted by molar-refractivity contribution is 6.09. The summed E-state index contributed by atoms with van der Waals surface area (Å²) in [5.74, 6) is -0.988. The molecule has 1 saturated carbocycles. The molecule has 2 aliphatic carbocycles. The van der Waals surface area contributed by atoms with Gasteiger partial charge in [-0.25, -0.2) is 0 Å². The number of hydrogen-bond acceptors (Lipinski definition) is 3. The summed E-state index contributed by atoms with van der Waals surface area (Å²) in [6.07, 6.45) is 5.34. The average Bonchev–Trinajstić information content (AvgIpc) is 3.46. The normalized spacial score (nSPS) is 27.4. The minimum atomic E-state index is -0.832. The van der Waals surface area contributed by atoms with Gasteiger partial charge in [0.2, 0.25) is 17.7 Å². The second kappa shape index (κ2) is 7.56. The van der Waals surface area contributed by atoms with E-state index >= 15 is 0 Å². The van der Waals surface area contributed by atoms with Gasteiger partial charge in [0.05, 0.1) is 11.8 Å². The fraction of sp³-hybridized carbons (Fsp3) is 0.320. The van der Waals surface area contributed by atoms with Crippen LogP contribution in [0.3, 0.4) is 0 Å². The molecule has 2 aromatic carbocycles. The number of amides is 3. The Labute approximate surface area is 175 Å². The fourth-order valence-corrected chi connectivity index (χ4v) is 5.27. The van der Waals surface area contributed by atoms with E-state index in [1.807, 2.05) is 60.7 Å². The predicted molar refractivity (Wildman–Crippen MR) is 112 cm³/mol. The van der Waals surface area contributed by atoms with Crippen LogP contribution in [-0.2, 0) is 27.3 Å². The van der Waals surface area contributed by atoms with Crippen LogP contribution in [0.25, 0.3) is 0 Å². The number of nitrogens with one attached hydrogen (secondary N) is 1. The first kappa shape index (κ1) is 18.8. The van der Waals surface area contributed by atoms with Crippen LogP contribution in [-0.4, -0.2) is 28.7 Å². The Kier molecular flexibility index (Phi) is 4.74. The summed E-state index contributed by atoms with van der Waals surface area (Å²) >= 11 is 0. The lowest BCUT2D eigenvalue weighted by molar-refractivity contribution is -0.148. The minimum Gasteiger partial charge on any atom is -0.350 e. The van der Waals surface area contributed by atoms with Crippen LogP contribution in [0.15, 0.2) is 72.8 Å². The Morgan fingerprint density at radius 3 is 1.97 bits per heavy atom. The molecule has 2 bridgehead atoms. The molecule has 3 amide bonds. The summed E-state index contributed by atoms with van der Waals surface area (Å²) in [5, 5.41) is 2.94. The van der Waals surface area contributed by atoms with Gasteiger partial charge in [-0.05, 0) is 29.4 Å². The SMILES string of the molecule is O=C(NCc1ccccc1)C(Cc1ccccc1)N1C(=O)C2C3C=CC(C3)C2C1=O. The van der Waals surface area contributed by atoms with Gasteiger partial charge in [-0.2, -0.15) is 0 Å². The van der Waals surface area contributed by atoms with Crippen molar-refractivity contribution >= 4 is 17.7 Å². The number of rotatable bonds is 6. The maximum Gasteiger partial charge on any atom is 0.243 e. The van der Waals surface area contributed by atoms with Gasteiger partial charge in [-0.3, -0.25) is 19.3 Å². The molecule has 2 fully saturated rings. The number of nitrogens with zero attached hydrogens (tertiary/aromatic N) is 1. The van der Waals surface area contributed by atoms with Crippen LogP contribution in [0.2, 0.25) is 0 Å². The van der Waals surface area contributed by atoms with Gasteiger partial charge in [0.15, 0.2) is 0 Å². The molecule has 2 aromatic rings. The Hall–Kier alpha value is -3.21. The average molecular weight is 400 g/mol. The Bertz CT molecular complexity index is 972. The van der Waals surface area contributed by atoms with Crippen molar-refractivity contribution in [3.05, 3.63) is 83.9 Å². The summed E-state index contributed by atoms with van der Waals surface area (Å²) in [5.41, 5.74) is 1.90. The standard InChI is InChI=1S/C25H24N2O3/c28-23(26-15-17-9-5-2-6-10-17)20(13-16-7-3-1-4-8-16)27-24(29)21-18-11-12-19(14-18)22(21)25(27)30/h1-12,18-22H,13-15H2,(H,26,28). The van der Waals surface area contributed by atoms with Gasteiger partial charge in [0, 0.05) is 13.0 Å². The molecule has 5 atom stereocenters. The van der Waals surface area contributed by atoms with Crippen molar-refractivity contribution in [1.82, 2.24) is 10.2 Å². The van der Waals surface area contributed by atoms with Crippen molar-refractivity contribution in [2.75, 3.05) is 0 Å². The topological polar surface area (TPSA) is 66.5 Å². The Balaban J connectivity index is 1.40. The summed E-state index contributed by atoms with van der Waals surface area (Å²) in [6.45, 7) is 0.362. The van der Waals surface area contributed by atoms with Gasteiger partial charge < -0.3 is 5.32 Å². The third kappa shape index (κ3) is 3.15. The van der Waals surface area contributed by atoms with Crippen LogP contribution in [0.4, 0.5) is 0 Å². The number of carbonyl (C=O) groups is 3. The zero-order valence-corrected chi connectivity index (χ0v) is 16.6. The van der Waals surface area contributed by atoms with Crippen LogP contribution in [0.5, 0.6) is 0 Å². The first-order valence-corrected chi connectivity index (χ1v) is 10.5. The van der Waals surface area contributed by atoms with Crippen LogP contribution in [0, 0.1) is 23.7 Å². The largest absolute Gasteiger partial charge is 0.350 e. The van der Waals surface area contributed by atoms with E-state index < -0.39 is 6.04 Å². The predicted octanol–water partition coefficient (Wildman–Crippen LogP) is 2.72. The molecule has 3 aliphatic rings. The molecule has 30 heavy (non-hydrogen) atoms. The number of benzene rings is 2. The third-order valence-corrected chi connectivity index (χ3v) is 6.70. The molecule has 0 spiro atoms. The molecule has 1 aliphatic heterocycles. The number of hydrogen-bond donors (Lipinski definition) is 1. The lowest BCUT2D eigenvalue weighted by Crippen LogP contribution is -2.51. The highest BCUT2D eigenvalue weighted by atomic mass is 16.2. The van der Waals surface area contributed by atoms with E-state index in [4.69, 9.17) is 0 Å². The molecule has 0 radical (unpaired) electrons. The van der Waals surface area contributed by atoms with E-state index in [1.54, 1.807) is 0 Å². The summed E-state index contributed by atoms with van der Waals surface area (Å²) < 4.78 is 0. The number of allylic oxidation sites excluding steroid dienone is 2. The van der Waals surface area contributed by atoms with Gasteiger partial charge >= 0.3 is 0 Å². The zero-order chi connectivity index (χ0) is 20.7. The number of imide groups is 1. The molecule has 5 heteroatoms. The Morgan fingerprint density at radius 2 is 1.40 bits per heavy atom. The molecule has 0 aromatic heterocycles. The molecule has 152 valence electrons. The lowest BCUT2D eigenvalue weighted by Gasteiger charge is -2.27. The first-order chi connectivity index (χ1) is 14.6. The van der Waals surface area contributed by atoms with Crippen molar-refractivity contribution in [2.24, 2.45) is 23.7 Å². The van der Waals surface area contributed by atoms with Gasteiger partial charge in [-0.1, -0.05) is 72.8 Å². The quantitative estimate of drug-likeness (QED) is 0.599. The third-order valence-electron chi connectivity index (χ3n) is 6.70. The molecule has 1 heterocycles. The van der Waals surface area contributed by atoms with Gasteiger partial charge in [-0.15, -0.1) is 0 Å². The molecule has 1 N–H and O–H groups in total. The van der Waals surface area contributed by atoms with Crippen molar-refractivity contribution in [3.63, 3.8) is 0 Å². The van der Waals surface area contributed by atoms with E-state index in [-0.39, 0.29) is 41.4 Å². The van der Waals surface area contributed by atoms with Crippen molar-refractivity contribution in [1.29, 1.82) is 0 Å². The highest BCUT2D eigenvalue weighted by Gasteiger charge is 2.61. The second-order valence-electron chi connectivity index (χ2n) is 8.46. The lowest BCUT2D eigenvalue weighted by atomic mass is 9.85. The molecule has 5 nitrogen and oxygen atoms in total. The molecule has 5 rings (SSSR count). The van der Waals surface area contributed by atoms with Crippen LogP contribution < -0.4 is 5.32 Å². The van der Waals surface area contributed by atoms with E-state index in [1.165, 1.54) is 4.90 Å². The fourth-order valence-electron chi connectivity index (χ4n) is 5.27. The maximum atomic E-state index is 13.3. The Morgan fingerprint density at radius 1 is 0.867 bits per heavy atom. The molecule has 5 unspecified atom stereocenters. The molecular weight excluding hydrogens is 376 g/mol.